The van der Waals surface area contributed by atoms with Crippen molar-refractivity contribution in [3.63, 3.8) is 0 Å². The molecule has 0 aromatic heterocycles. The van der Waals surface area contributed by atoms with Gasteiger partial charge in [0.15, 0.2) is 6.61 Å². The maximum Gasteiger partial charge on any atom is 0.261 e. The molecule has 5 nitrogen and oxygen atoms in total. The number of hydrogen-bond acceptors (Lipinski definition) is 3. The molecule has 0 aliphatic rings. The summed E-state index contributed by atoms with van der Waals surface area (Å²) in [6, 6.07) is 12.6. The minimum Gasteiger partial charge on any atom is -0.484 e. The quantitative estimate of drug-likeness (QED) is 0.566. The molecule has 0 heterocycles. The van der Waals surface area contributed by atoms with Gasteiger partial charge in [0.1, 0.15) is 11.8 Å². The number of carbonyl (C=O) groups is 2. The van der Waals surface area contributed by atoms with Gasteiger partial charge in [-0.25, -0.2) is 0 Å². The van der Waals surface area contributed by atoms with Crippen molar-refractivity contribution in [3.8, 4) is 5.75 Å². The van der Waals surface area contributed by atoms with E-state index in [0.29, 0.717) is 29.7 Å². The number of aryl methyl sites for hydroxylation is 2. The maximum atomic E-state index is 13.2. The van der Waals surface area contributed by atoms with Gasteiger partial charge in [-0.2, -0.15) is 0 Å². The van der Waals surface area contributed by atoms with Crippen molar-refractivity contribution in [2.45, 2.75) is 53.6 Å². The van der Waals surface area contributed by atoms with E-state index < -0.39 is 6.04 Å². The summed E-state index contributed by atoms with van der Waals surface area (Å²) >= 11 is 6.34. The molecule has 1 atom stereocenters. The van der Waals surface area contributed by atoms with E-state index in [4.69, 9.17) is 16.3 Å². The molecule has 0 bridgehead atoms. The summed E-state index contributed by atoms with van der Waals surface area (Å²) in [5.41, 5.74) is 2.92. The third-order valence-corrected chi connectivity index (χ3v) is 5.30. The van der Waals surface area contributed by atoms with Crippen LogP contribution in [-0.4, -0.2) is 35.9 Å². The van der Waals surface area contributed by atoms with Crippen LogP contribution in [0.25, 0.3) is 0 Å². The Labute approximate surface area is 190 Å². The largest absolute Gasteiger partial charge is 0.484 e. The van der Waals surface area contributed by atoms with E-state index in [2.05, 4.69) is 5.32 Å². The van der Waals surface area contributed by atoms with Crippen LogP contribution in [0.5, 0.6) is 5.75 Å². The molecule has 6 heteroatoms. The number of hydrogen-bond donors (Lipinski definition) is 1. The van der Waals surface area contributed by atoms with Crippen LogP contribution in [0.15, 0.2) is 42.5 Å². The molecule has 2 amide bonds. The lowest BCUT2D eigenvalue weighted by Crippen LogP contribution is -2.50. The standard InChI is InChI=1S/C25H33ClN2O3/c1-6-23(25(30)27-14-17(2)3)28(15-20-9-7-8-10-22(20)26)24(29)16-31-21-12-18(4)11-19(5)13-21/h7-13,17,23H,6,14-16H2,1-5H3,(H,27,30)/t23-/m1/s1. The van der Waals surface area contributed by atoms with Gasteiger partial charge in [0.25, 0.3) is 5.91 Å². The average Bonchev–Trinajstić information content (AvgIpc) is 2.71. The first kappa shape index (κ1) is 24.7. The lowest BCUT2D eigenvalue weighted by molar-refractivity contribution is -0.143. The Bertz CT molecular complexity index is 878. The Balaban J connectivity index is 2.23. The number of halogens is 1. The monoisotopic (exact) mass is 444 g/mol. The highest BCUT2D eigenvalue weighted by atomic mass is 35.5. The van der Waals surface area contributed by atoms with Gasteiger partial charge in [0, 0.05) is 18.1 Å². The molecule has 168 valence electrons. The average molecular weight is 445 g/mol. The fraction of sp³-hybridized carbons (Fsp3) is 0.440. The molecule has 0 aliphatic carbocycles. The highest BCUT2D eigenvalue weighted by Crippen LogP contribution is 2.21. The van der Waals surface area contributed by atoms with E-state index in [0.717, 1.165) is 16.7 Å². The highest BCUT2D eigenvalue weighted by molar-refractivity contribution is 6.31. The SMILES string of the molecule is CC[C@H](C(=O)NCC(C)C)N(Cc1ccccc1Cl)C(=O)COc1cc(C)cc(C)c1. The van der Waals surface area contributed by atoms with Crippen molar-refractivity contribution in [1.82, 2.24) is 10.2 Å². The minimum atomic E-state index is -0.606. The molecule has 1 N–H and O–H groups in total. The van der Waals surface area contributed by atoms with Crippen molar-refractivity contribution >= 4 is 23.4 Å². The molecule has 0 unspecified atom stereocenters. The third-order valence-electron chi connectivity index (χ3n) is 4.93. The summed E-state index contributed by atoms with van der Waals surface area (Å²) in [5.74, 6) is 0.538. The third kappa shape index (κ3) is 7.59. The van der Waals surface area contributed by atoms with Crippen molar-refractivity contribution in [3.05, 3.63) is 64.2 Å². The zero-order chi connectivity index (χ0) is 23.0. The van der Waals surface area contributed by atoms with Crippen LogP contribution in [0.2, 0.25) is 5.02 Å². The molecule has 31 heavy (non-hydrogen) atoms. The number of carbonyl (C=O) groups excluding carboxylic acids is 2. The van der Waals surface area contributed by atoms with Gasteiger partial charge in [0.2, 0.25) is 5.91 Å². The predicted molar refractivity (Wildman–Crippen MR) is 125 cm³/mol. The van der Waals surface area contributed by atoms with E-state index in [1.54, 1.807) is 11.0 Å². The number of amides is 2. The lowest BCUT2D eigenvalue weighted by atomic mass is 10.1. The van der Waals surface area contributed by atoms with Crippen LogP contribution in [0, 0.1) is 19.8 Å². The van der Waals surface area contributed by atoms with Crippen LogP contribution in [0.3, 0.4) is 0 Å². The smallest absolute Gasteiger partial charge is 0.261 e. The van der Waals surface area contributed by atoms with E-state index >= 15 is 0 Å². The zero-order valence-corrected chi connectivity index (χ0v) is 19.8. The van der Waals surface area contributed by atoms with Gasteiger partial charge >= 0.3 is 0 Å². The first-order chi connectivity index (χ1) is 14.7. The predicted octanol–water partition coefficient (Wildman–Crippen LogP) is 4.92. The Hall–Kier alpha value is -2.53. The molecule has 0 radical (unpaired) electrons. The van der Waals surface area contributed by atoms with E-state index in [1.165, 1.54) is 0 Å². The molecule has 0 spiro atoms. The minimum absolute atomic E-state index is 0.151. The summed E-state index contributed by atoms with van der Waals surface area (Å²) in [6.07, 6.45) is 0.490. The maximum absolute atomic E-state index is 13.2. The Morgan fingerprint density at radius 1 is 1.10 bits per heavy atom. The number of nitrogens with zero attached hydrogens (tertiary/aromatic N) is 1. The number of rotatable bonds is 10. The molecule has 0 fully saturated rings. The fourth-order valence-electron chi connectivity index (χ4n) is 3.40. The van der Waals surface area contributed by atoms with Crippen molar-refractivity contribution in [2.24, 2.45) is 5.92 Å². The highest BCUT2D eigenvalue weighted by Gasteiger charge is 2.29. The Kier molecular flexibility index (Phi) is 9.38. The molecule has 0 aliphatic heterocycles. The summed E-state index contributed by atoms with van der Waals surface area (Å²) in [5, 5.41) is 3.51. The van der Waals surface area contributed by atoms with Gasteiger partial charge in [-0.1, -0.05) is 56.6 Å². The second-order valence-corrected chi connectivity index (χ2v) is 8.70. The Morgan fingerprint density at radius 3 is 2.32 bits per heavy atom. The summed E-state index contributed by atoms with van der Waals surface area (Å²) in [6.45, 7) is 10.6. The van der Waals surface area contributed by atoms with Gasteiger partial charge in [-0.05, 0) is 61.1 Å². The summed E-state index contributed by atoms with van der Waals surface area (Å²) in [7, 11) is 0. The second-order valence-electron chi connectivity index (χ2n) is 8.29. The topological polar surface area (TPSA) is 58.6 Å². The van der Waals surface area contributed by atoms with Crippen molar-refractivity contribution in [2.75, 3.05) is 13.2 Å². The molecule has 2 aromatic rings. The zero-order valence-electron chi connectivity index (χ0n) is 19.1. The van der Waals surface area contributed by atoms with Gasteiger partial charge in [-0.3, -0.25) is 9.59 Å². The lowest BCUT2D eigenvalue weighted by Gasteiger charge is -2.31. The van der Waals surface area contributed by atoms with Gasteiger partial charge < -0.3 is 15.0 Å². The second kappa shape index (κ2) is 11.8. The van der Waals surface area contributed by atoms with E-state index in [1.807, 2.05) is 71.0 Å². The van der Waals surface area contributed by atoms with Gasteiger partial charge in [0.05, 0.1) is 0 Å². The summed E-state index contributed by atoms with van der Waals surface area (Å²) in [4.78, 5) is 27.7. The molecular weight excluding hydrogens is 412 g/mol. The van der Waals surface area contributed by atoms with E-state index in [9.17, 15) is 9.59 Å². The molecule has 0 saturated heterocycles. The van der Waals surface area contributed by atoms with Gasteiger partial charge in [-0.15, -0.1) is 0 Å². The first-order valence-electron chi connectivity index (χ1n) is 10.7. The van der Waals surface area contributed by atoms with Crippen LogP contribution in [-0.2, 0) is 16.1 Å². The molecule has 2 aromatic carbocycles. The first-order valence-corrected chi connectivity index (χ1v) is 11.1. The summed E-state index contributed by atoms with van der Waals surface area (Å²) < 4.78 is 5.80. The Morgan fingerprint density at radius 2 is 1.74 bits per heavy atom. The van der Waals surface area contributed by atoms with Crippen molar-refractivity contribution < 1.29 is 14.3 Å². The number of ether oxygens (including phenoxy) is 1. The molecule has 0 saturated carbocycles. The van der Waals surface area contributed by atoms with Crippen LogP contribution >= 0.6 is 11.6 Å². The molecule has 2 rings (SSSR count). The number of nitrogens with one attached hydrogen (secondary N) is 1. The number of benzene rings is 2. The normalized spacial score (nSPS) is 11.8. The van der Waals surface area contributed by atoms with Crippen molar-refractivity contribution in [1.29, 1.82) is 0 Å². The fourth-order valence-corrected chi connectivity index (χ4v) is 3.59. The van der Waals surface area contributed by atoms with Crippen LogP contribution in [0.1, 0.15) is 43.9 Å². The van der Waals surface area contributed by atoms with Crippen LogP contribution in [0.4, 0.5) is 0 Å². The molecular formula is C25H33ClN2O3. The van der Waals surface area contributed by atoms with Crippen LogP contribution < -0.4 is 10.1 Å². The van der Waals surface area contributed by atoms with E-state index in [-0.39, 0.29) is 25.0 Å².